The van der Waals surface area contributed by atoms with Crippen molar-refractivity contribution in [2.24, 2.45) is 0 Å². The van der Waals surface area contributed by atoms with Gasteiger partial charge in [-0.1, -0.05) is 35.9 Å². The summed E-state index contributed by atoms with van der Waals surface area (Å²) >= 11 is 5.86. The molecule has 0 aliphatic carbocycles. The summed E-state index contributed by atoms with van der Waals surface area (Å²) < 4.78 is 54.6. The maximum atomic E-state index is 14.8. The lowest BCUT2D eigenvalue weighted by Crippen LogP contribution is -2.30. The van der Waals surface area contributed by atoms with E-state index in [4.69, 9.17) is 11.6 Å². The monoisotopic (exact) mass is 475 g/mol. The molecule has 0 spiro atoms. The smallest absolute Gasteiger partial charge is 0.416 e. The van der Waals surface area contributed by atoms with Crippen LogP contribution in [0.2, 0.25) is 5.02 Å². The molecule has 0 unspecified atom stereocenters. The maximum Gasteiger partial charge on any atom is 0.416 e. The average molecular weight is 476 g/mol. The number of benzene rings is 3. The zero-order valence-electron chi connectivity index (χ0n) is 16.6. The zero-order chi connectivity index (χ0) is 23.9. The van der Waals surface area contributed by atoms with E-state index < -0.39 is 46.6 Å². The van der Waals surface area contributed by atoms with Gasteiger partial charge in [0.25, 0.3) is 11.7 Å². The van der Waals surface area contributed by atoms with E-state index in [9.17, 15) is 32.3 Å². The third-order valence-electron chi connectivity index (χ3n) is 5.21. The Hall–Kier alpha value is -3.65. The number of amides is 1. The topological polar surface area (TPSA) is 57.6 Å². The van der Waals surface area contributed by atoms with E-state index >= 15 is 0 Å². The van der Waals surface area contributed by atoms with Crippen molar-refractivity contribution in [3.63, 3.8) is 0 Å². The second-order valence-corrected chi connectivity index (χ2v) is 7.68. The minimum absolute atomic E-state index is 0.128. The van der Waals surface area contributed by atoms with Crippen LogP contribution < -0.4 is 4.90 Å². The third kappa shape index (κ3) is 4.09. The van der Waals surface area contributed by atoms with Gasteiger partial charge in [-0.25, -0.2) is 4.39 Å². The summed E-state index contributed by atoms with van der Waals surface area (Å²) in [6.45, 7) is 0. The number of nitrogens with zero attached hydrogens (tertiary/aromatic N) is 1. The van der Waals surface area contributed by atoms with Crippen molar-refractivity contribution in [2.75, 3.05) is 4.90 Å². The van der Waals surface area contributed by atoms with E-state index in [0.29, 0.717) is 11.1 Å². The number of hydrogen-bond donors (Lipinski definition) is 1. The number of halogens is 5. The fourth-order valence-corrected chi connectivity index (χ4v) is 3.81. The molecule has 33 heavy (non-hydrogen) atoms. The first-order valence-corrected chi connectivity index (χ1v) is 9.96. The highest BCUT2D eigenvalue weighted by atomic mass is 35.5. The van der Waals surface area contributed by atoms with Crippen molar-refractivity contribution in [3.8, 4) is 0 Å². The van der Waals surface area contributed by atoms with Crippen molar-refractivity contribution in [2.45, 2.75) is 12.2 Å². The number of aliphatic hydroxyl groups is 1. The summed E-state index contributed by atoms with van der Waals surface area (Å²) in [5.41, 5.74) is -1.81. The molecule has 0 aromatic heterocycles. The Morgan fingerprint density at radius 1 is 0.939 bits per heavy atom. The van der Waals surface area contributed by atoms with E-state index in [1.807, 2.05) is 0 Å². The molecule has 0 saturated carbocycles. The Labute approximate surface area is 190 Å². The fraction of sp³-hybridized carbons (Fsp3) is 0.0833. The van der Waals surface area contributed by atoms with Gasteiger partial charge >= 0.3 is 6.18 Å². The molecule has 1 atom stereocenters. The van der Waals surface area contributed by atoms with Crippen molar-refractivity contribution in [3.05, 3.63) is 106 Å². The number of carbonyl (C=O) groups is 2. The molecule has 3 aromatic rings. The second-order valence-electron chi connectivity index (χ2n) is 7.25. The Bertz CT molecular complexity index is 1290. The summed E-state index contributed by atoms with van der Waals surface area (Å²) in [5.74, 6) is -3.76. The second kappa shape index (κ2) is 8.37. The van der Waals surface area contributed by atoms with Gasteiger partial charge in [-0.05, 0) is 48.5 Å². The quantitative estimate of drug-likeness (QED) is 0.215. The molecule has 4 nitrogen and oxygen atoms in total. The molecule has 3 aromatic carbocycles. The van der Waals surface area contributed by atoms with Crippen LogP contribution in [0.4, 0.5) is 23.2 Å². The van der Waals surface area contributed by atoms with Crippen molar-refractivity contribution < 1.29 is 32.3 Å². The van der Waals surface area contributed by atoms with Crippen LogP contribution in [-0.4, -0.2) is 16.8 Å². The normalized spacial score (nSPS) is 18.1. The zero-order valence-corrected chi connectivity index (χ0v) is 17.4. The van der Waals surface area contributed by atoms with Crippen LogP contribution in [0, 0.1) is 5.82 Å². The lowest BCUT2D eigenvalue weighted by molar-refractivity contribution is -0.137. The highest BCUT2D eigenvalue weighted by Gasteiger charge is 2.48. The summed E-state index contributed by atoms with van der Waals surface area (Å²) in [5, 5.41) is 11.3. The highest BCUT2D eigenvalue weighted by molar-refractivity contribution is 6.51. The van der Waals surface area contributed by atoms with Gasteiger partial charge < -0.3 is 5.11 Å². The Morgan fingerprint density at radius 2 is 1.61 bits per heavy atom. The maximum absolute atomic E-state index is 14.8. The predicted molar refractivity (Wildman–Crippen MR) is 114 cm³/mol. The number of anilines is 1. The van der Waals surface area contributed by atoms with Crippen LogP contribution in [0.25, 0.3) is 5.76 Å². The van der Waals surface area contributed by atoms with E-state index in [-0.39, 0.29) is 16.8 Å². The first-order chi connectivity index (χ1) is 15.6. The number of Topliss-reactive ketones (excluding diaryl/α,β-unsaturated/α-hetero) is 1. The molecule has 1 aliphatic rings. The van der Waals surface area contributed by atoms with Crippen LogP contribution in [-0.2, 0) is 15.8 Å². The molecule has 1 aliphatic heterocycles. The molecule has 168 valence electrons. The van der Waals surface area contributed by atoms with Crippen LogP contribution >= 0.6 is 11.6 Å². The molecule has 1 N–H and O–H groups in total. The minimum Gasteiger partial charge on any atom is -0.507 e. The predicted octanol–water partition coefficient (Wildman–Crippen LogP) is 6.12. The van der Waals surface area contributed by atoms with E-state index in [1.165, 1.54) is 48.5 Å². The van der Waals surface area contributed by atoms with Gasteiger partial charge in [0, 0.05) is 21.8 Å². The van der Waals surface area contributed by atoms with Gasteiger partial charge in [-0.2, -0.15) is 13.2 Å². The summed E-state index contributed by atoms with van der Waals surface area (Å²) in [7, 11) is 0. The summed E-state index contributed by atoms with van der Waals surface area (Å²) in [4.78, 5) is 26.7. The lowest BCUT2D eigenvalue weighted by Gasteiger charge is -2.26. The van der Waals surface area contributed by atoms with Gasteiger partial charge in [0.2, 0.25) is 0 Å². The SMILES string of the molecule is O=C1C(=O)N(c2cccc(C(F)(F)F)c2)[C@H](c2ccccc2F)C1=C(O)c1ccc(Cl)cc1. The van der Waals surface area contributed by atoms with Crippen LogP contribution in [0.15, 0.2) is 78.4 Å². The fourth-order valence-electron chi connectivity index (χ4n) is 3.69. The molecule has 0 radical (unpaired) electrons. The molecule has 9 heteroatoms. The Morgan fingerprint density at radius 3 is 2.24 bits per heavy atom. The highest BCUT2D eigenvalue weighted by Crippen LogP contribution is 2.44. The van der Waals surface area contributed by atoms with Crippen LogP contribution in [0.5, 0.6) is 0 Å². The number of rotatable bonds is 3. The number of aliphatic hydroxyl groups excluding tert-OH is 1. The van der Waals surface area contributed by atoms with Crippen LogP contribution in [0.3, 0.4) is 0 Å². The molecular formula is C24H14ClF4NO3. The standard InChI is InChI=1S/C24H14ClF4NO3/c25-15-10-8-13(9-11-15)21(31)19-20(17-6-1-2-7-18(17)26)30(23(33)22(19)32)16-5-3-4-14(12-16)24(27,28)29/h1-12,20,31H/t20-/m1/s1. The largest absolute Gasteiger partial charge is 0.507 e. The van der Waals surface area contributed by atoms with Gasteiger partial charge in [0.05, 0.1) is 17.2 Å². The van der Waals surface area contributed by atoms with Crippen LogP contribution in [0.1, 0.15) is 22.7 Å². The summed E-state index contributed by atoms with van der Waals surface area (Å²) in [6, 6.07) is 13.2. The third-order valence-corrected chi connectivity index (χ3v) is 5.47. The number of ketones is 1. The molecule has 1 fully saturated rings. The van der Waals surface area contributed by atoms with Gasteiger partial charge in [-0.15, -0.1) is 0 Å². The molecule has 1 heterocycles. The first-order valence-electron chi connectivity index (χ1n) is 9.58. The molecule has 0 bridgehead atoms. The first kappa shape index (κ1) is 22.5. The van der Waals surface area contributed by atoms with Gasteiger partial charge in [0.1, 0.15) is 11.6 Å². The number of carbonyl (C=O) groups excluding carboxylic acids is 2. The van der Waals surface area contributed by atoms with E-state index in [2.05, 4.69) is 0 Å². The Balaban J connectivity index is 1.97. The lowest BCUT2D eigenvalue weighted by atomic mass is 9.94. The molecule has 1 amide bonds. The summed E-state index contributed by atoms with van der Waals surface area (Å²) in [6.07, 6.45) is -4.71. The van der Waals surface area contributed by atoms with Gasteiger partial charge in [-0.3, -0.25) is 14.5 Å². The molecule has 4 rings (SSSR count). The average Bonchev–Trinajstić information content (AvgIpc) is 3.04. The van der Waals surface area contributed by atoms with E-state index in [1.54, 1.807) is 0 Å². The molecule has 1 saturated heterocycles. The van der Waals surface area contributed by atoms with E-state index in [0.717, 1.165) is 23.1 Å². The minimum atomic E-state index is -4.71. The number of hydrogen-bond acceptors (Lipinski definition) is 3. The molecular weight excluding hydrogens is 462 g/mol. The Kier molecular flexibility index (Phi) is 5.71. The van der Waals surface area contributed by atoms with Gasteiger partial charge in [0.15, 0.2) is 0 Å². The number of alkyl halides is 3. The van der Waals surface area contributed by atoms with Crippen molar-refractivity contribution >= 4 is 34.7 Å². The van der Waals surface area contributed by atoms with Crippen molar-refractivity contribution in [1.82, 2.24) is 0 Å². The van der Waals surface area contributed by atoms with Crippen molar-refractivity contribution in [1.29, 1.82) is 0 Å².